The van der Waals surface area contributed by atoms with Gasteiger partial charge in [0.15, 0.2) is 0 Å². The first-order valence-corrected chi connectivity index (χ1v) is 6.87. The fraction of sp³-hybridized carbons (Fsp3) is 0.0833. The Labute approximate surface area is 122 Å². The number of hydrogen-bond donors (Lipinski definition) is 1. The highest BCUT2D eigenvalue weighted by Gasteiger charge is 2.35. The number of primary amides is 1. The van der Waals surface area contributed by atoms with Crippen LogP contribution in [-0.4, -0.2) is 28.5 Å². The fourth-order valence-corrected chi connectivity index (χ4v) is 2.61. The van der Waals surface area contributed by atoms with Gasteiger partial charge in [0.25, 0.3) is 11.1 Å². The Bertz CT molecular complexity index is 583. The number of rotatable bonds is 3. The first-order valence-electron chi connectivity index (χ1n) is 5.26. The Kier molecular flexibility index (Phi) is 4.06. The van der Waals surface area contributed by atoms with Crippen LogP contribution >= 0.6 is 27.7 Å². The standard InChI is InChI=1S/C12H9BrN2O3S/c13-8-3-1-7(2-4-8)5-9-11(17)15(6-10(14)16)12(18)19-9/h1-5H,6H2,(H2,14,16)/b9-5-. The predicted molar refractivity (Wildman–Crippen MR) is 76.0 cm³/mol. The molecule has 0 aromatic heterocycles. The molecule has 2 N–H and O–H groups in total. The molecular weight excluding hydrogens is 332 g/mol. The van der Waals surface area contributed by atoms with E-state index in [1.807, 2.05) is 24.3 Å². The molecule has 0 aliphatic carbocycles. The van der Waals surface area contributed by atoms with E-state index in [0.29, 0.717) is 0 Å². The highest BCUT2D eigenvalue weighted by atomic mass is 79.9. The van der Waals surface area contributed by atoms with Crippen LogP contribution in [0.1, 0.15) is 5.56 Å². The largest absolute Gasteiger partial charge is 0.368 e. The Balaban J connectivity index is 2.23. The molecule has 0 saturated carbocycles. The number of hydrogen-bond acceptors (Lipinski definition) is 4. The van der Waals surface area contributed by atoms with Crippen LogP contribution < -0.4 is 5.73 Å². The Morgan fingerprint density at radius 1 is 1.32 bits per heavy atom. The molecule has 1 aliphatic rings. The van der Waals surface area contributed by atoms with Crippen LogP contribution in [0.3, 0.4) is 0 Å². The van der Waals surface area contributed by atoms with Gasteiger partial charge in [0.05, 0.1) is 4.91 Å². The summed E-state index contributed by atoms with van der Waals surface area (Å²) in [6.45, 7) is -0.387. The Morgan fingerprint density at radius 3 is 2.53 bits per heavy atom. The summed E-state index contributed by atoms with van der Waals surface area (Å²) in [6, 6.07) is 7.29. The second-order valence-corrected chi connectivity index (χ2v) is 5.69. The highest BCUT2D eigenvalue weighted by Crippen LogP contribution is 2.32. The van der Waals surface area contributed by atoms with Crippen molar-refractivity contribution in [2.45, 2.75) is 0 Å². The van der Waals surface area contributed by atoms with E-state index >= 15 is 0 Å². The van der Waals surface area contributed by atoms with Crippen LogP contribution in [0.25, 0.3) is 6.08 Å². The normalized spacial score (nSPS) is 17.3. The van der Waals surface area contributed by atoms with E-state index in [0.717, 1.165) is 26.7 Å². The van der Waals surface area contributed by atoms with Gasteiger partial charge in [0.1, 0.15) is 6.54 Å². The molecule has 0 spiro atoms. The lowest BCUT2D eigenvalue weighted by Gasteiger charge is -2.08. The third-order valence-corrected chi connectivity index (χ3v) is 3.79. The van der Waals surface area contributed by atoms with E-state index in [1.165, 1.54) is 0 Å². The van der Waals surface area contributed by atoms with Gasteiger partial charge in [-0.1, -0.05) is 28.1 Å². The van der Waals surface area contributed by atoms with Crippen LogP contribution in [-0.2, 0) is 9.59 Å². The molecule has 5 nitrogen and oxygen atoms in total. The molecule has 1 aromatic rings. The van der Waals surface area contributed by atoms with E-state index in [4.69, 9.17) is 5.73 Å². The zero-order chi connectivity index (χ0) is 14.0. The molecular formula is C12H9BrN2O3S. The molecule has 0 atom stereocenters. The summed E-state index contributed by atoms with van der Waals surface area (Å²) >= 11 is 4.11. The molecule has 1 aromatic carbocycles. The maximum absolute atomic E-state index is 11.9. The smallest absolute Gasteiger partial charge is 0.294 e. The summed E-state index contributed by atoms with van der Waals surface area (Å²) in [7, 11) is 0. The Hall–Kier alpha value is -1.60. The molecule has 0 bridgehead atoms. The molecule has 1 saturated heterocycles. The molecule has 19 heavy (non-hydrogen) atoms. The second kappa shape index (κ2) is 5.58. The molecule has 7 heteroatoms. The van der Waals surface area contributed by atoms with Crippen molar-refractivity contribution in [2.75, 3.05) is 6.54 Å². The second-order valence-electron chi connectivity index (χ2n) is 3.79. The lowest BCUT2D eigenvalue weighted by Crippen LogP contribution is -2.36. The van der Waals surface area contributed by atoms with Crippen LogP contribution in [0.2, 0.25) is 0 Å². The van der Waals surface area contributed by atoms with Crippen molar-refractivity contribution in [3.05, 3.63) is 39.2 Å². The fourth-order valence-electron chi connectivity index (χ4n) is 1.50. The van der Waals surface area contributed by atoms with E-state index in [2.05, 4.69) is 15.9 Å². The van der Waals surface area contributed by atoms with Gasteiger partial charge in [0, 0.05) is 4.47 Å². The van der Waals surface area contributed by atoms with Crippen molar-refractivity contribution in [1.29, 1.82) is 0 Å². The van der Waals surface area contributed by atoms with Gasteiger partial charge in [0.2, 0.25) is 5.91 Å². The molecule has 1 aliphatic heterocycles. The monoisotopic (exact) mass is 340 g/mol. The van der Waals surface area contributed by atoms with E-state index in [9.17, 15) is 14.4 Å². The van der Waals surface area contributed by atoms with Crippen LogP contribution in [0.4, 0.5) is 4.79 Å². The number of halogens is 1. The molecule has 98 valence electrons. The van der Waals surface area contributed by atoms with Crippen LogP contribution in [0, 0.1) is 0 Å². The SMILES string of the molecule is NC(=O)CN1C(=O)S/C(=C\c2ccc(Br)cc2)C1=O. The van der Waals surface area contributed by atoms with Crippen molar-refractivity contribution in [3.63, 3.8) is 0 Å². The Morgan fingerprint density at radius 2 is 1.95 bits per heavy atom. The average Bonchev–Trinajstić information content (AvgIpc) is 2.60. The number of amides is 3. The van der Waals surface area contributed by atoms with Crippen molar-refractivity contribution >= 4 is 50.8 Å². The molecule has 1 heterocycles. The minimum Gasteiger partial charge on any atom is -0.368 e. The van der Waals surface area contributed by atoms with Crippen molar-refractivity contribution in [2.24, 2.45) is 5.73 Å². The molecule has 3 amide bonds. The number of nitrogens with zero attached hydrogens (tertiary/aromatic N) is 1. The predicted octanol–water partition coefficient (Wildman–Crippen LogP) is 1.97. The molecule has 2 rings (SSSR count). The maximum Gasteiger partial charge on any atom is 0.294 e. The molecule has 1 fully saturated rings. The van der Waals surface area contributed by atoms with E-state index in [-0.39, 0.29) is 11.4 Å². The summed E-state index contributed by atoms with van der Waals surface area (Å²) in [6.07, 6.45) is 1.61. The van der Waals surface area contributed by atoms with E-state index < -0.39 is 17.1 Å². The van der Waals surface area contributed by atoms with Crippen molar-refractivity contribution in [1.82, 2.24) is 4.90 Å². The number of benzene rings is 1. The van der Waals surface area contributed by atoms with Gasteiger partial charge < -0.3 is 5.73 Å². The van der Waals surface area contributed by atoms with Gasteiger partial charge in [-0.2, -0.15) is 0 Å². The zero-order valence-electron chi connectivity index (χ0n) is 9.63. The minimum absolute atomic E-state index is 0.286. The van der Waals surface area contributed by atoms with Gasteiger partial charge in [-0.25, -0.2) is 0 Å². The minimum atomic E-state index is -0.716. The van der Waals surface area contributed by atoms with Gasteiger partial charge in [-0.05, 0) is 35.5 Å². The van der Waals surface area contributed by atoms with E-state index in [1.54, 1.807) is 6.08 Å². The van der Waals surface area contributed by atoms with Crippen LogP contribution in [0.15, 0.2) is 33.6 Å². The van der Waals surface area contributed by atoms with Gasteiger partial charge in [-0.3, -0.25) is 19.3 Å². The number of carbonyl (C=O) groups excluding carboxylic acids is 3. The number of carbonyl (C=O) groups is 3. The zero-order valence-corrected chi connectivity index (χ0v) is 12.0. The van der Waals surface area contributed by atoms with Crippen molar-refractivity contribution < 1.29 is 14.4 Å². The molecule has 0 radical (unpaired) electrons. The summed E-state index contributed by atoms with van der Waals surface area (Å²) in [5.41, 5.74) is 5.79. The first kappa shape index (κ1) is 13.8. The highest BCUT2D eigenvalue weighted by molar-refractivity contribution is 9.10. The maximum atomic E-state index is 11.9. The number of thioether (sulfide) groups is 1. The van der Waals surface area contributed by atoms with Gasteiger partial charge >= 0.3 is 0 Å². The third-order valence-electron chi connectivity index (χ3n) is 2.36. The summed E-state index contributed by atoms with van der Waals surface area (Å²) in [5, 5.41) is -0.479. The summed E-state index contributed by atoms with van der Waals surface area (Å²) in [4.78, 5) is 35.4. The van der Waals surface area contributed by atoms with Crippen molar-refractivity contribution in [3.8, 4) is 0 Å². The quantitative estimate of drug-likeness (QED) is 0.853. The number of imide groups is 1. The van der Waals surface area contributed by atoms with Gasteiger partial charge in [-0.15, -0.1) is 0 Å². The summed E-state index contributed by atoms with van der Waals surface area (Å²) in [5.74, 6) is -1.20. The molecule has 0 unspecified atom stereocenters. The third kappa shape index (κ3) is 3.24. The number of nitrogens with two attached hydrogens (primary N) is 1. The topological polar surface area (TPSA) is 80.5 Å². The average molecular weight is 341 g/mol. The lowest BCUT2D eigenvalue weighted by atomic mass is 10.2. The summed E-state index contributed by atoms with van der Waals surface area (Å²) < 4.78 is 0.923. The van der Waals surface area contributed by atoms with Crippen LogP contribution in [0.5, 0.6) is 0 Å². The lowest BCUT2D eigenvalue weighted by molar-refractivity contribution is -0.127. The first-order chi connectivity index (χ1) is 8.97.